The van der Waals surface area contributed by atoms with Gasteiger partial charge in [0.2, 0.25) is 15.9 Å². The van der Waals surface area contributed by atoms with Crippen molar-refractivity contribution in [3.63, 3.8) is 0 Å². The van der Waals surface area contributed by atoms with Gasteiger partial charge in [0, 0.05) is 0 Å². The molecule has 1 aromatic rings. The van der Waals surface area contributed by atoms with Gasteiger partial charge in [-0.1, -0.05) is 19.9 Å². The number of carbonyl (C=O) groups excluding carboxylic acids is 2. The fraction of sp³-hybridized carbons (Fsp3) is 0.429. The minimum Gasteiger partial charge on any atom is -0.465 e. The number of methoxy groups -OCH3 is 1. The fourth-order valence-electron chi connectivity index (χ4n) is 1.99. The third-order valence-corrected chi connectivity index (χ3v) is 4.82. The van der Waals surface area contributed by atoms with Crippen LogP contribution < -0.4 is 10.5 Å². The Labute approximate surface area is 129 Å². The fourth-order valence-corrected chi connectivity index (χ4v) is 3.61. The van der Waals surface area contributed by atoms with Crippen LogP contribution in [0.2, 0.25) is 0 Å². The normalized spacial score (nSPS) is 13.0. The first-order valence-electron chi connectivity index (χ1n) is 6.61. The van der Waals surface area contributed by atoms with Crippen LogP contribution in [0.3, 0.4) is 0 Å². The number of nitrogens with two attached hydrogens (primary N) is 1. The van der Waals surface area contributed by atoms with E-state index in [0.29, 0.717) is 0 Å². The molecule has 0 spiro atoms. The van der Waals surface area contributed by atoms with Crippen LogP contribution in [-0.2, 0) is 19.6 Å². The van der Waals surface area contributed by atoms with Crippen LogP contribution in [0.4, 0.5) is 0 Å². The lowest BCUT2D eigenvalue weighted by molar-refractivity contribution is -0.120. The molecule has 0 bridgehead atoms. The van der Waals surface area contributed by atoms with E-state index < -0.39 is 27.9 Å². The number of carbonyl (C=O) groups is 2. The van der Waals surface area contributed by atoms with Crippen molar-refractivity contribution in [3.8, 4) is 0 Å². The Morgan fingerprint density at radius 2 is 1.86 bits per heavy atom. The highest BCUT2D eigenvalue weighted by Gasteiger charge is 2.28. The SMILES string of the molecule is COC(=O)c1cccc(S(=O)(=O)N[C@H](C(N)=O)C(C)C)c1C. The summed E-state index contributed by atoms with van der Waals surface area (Å²) in [5.74, 6) is -1.71. The molecular weight excluding hydrogens is 308 g/mol. The predicted molar refractivity (Wildman–Crippen MR) is 80.7 cm³/mol. The molecule has 0 saturated carbocycles. The number of benzene rings is 1. The third-order valence-electron chi connectivity index (χ3n) is 3.23. The first-order valence-corrected chi connectivity index (χ1v) is 8.09. The van der Waals surface area contributed by atoms with Crippen molar-refractivity contribution in [2.75, 3.05) is 7.11 Å². The molecule has 0 aliphatic carbocycles. The minimum absolute atomic E-state index is 0.0951. The Morgan fingerprint density at radius 1 is 1.27 bits per heavy atom. The van der Waals surface area contributed by atoms with Crippen LogP contribution in [0.5, 0.6) is 0 Å². The average molecular weight is 328 g/mol. The summed E-state index contributed by atoms with van der Waals surface area (Å²) in [6.45, 7) is 4.85. The lowest BCUT2D eigenvalue weighted by Crippen LogP contribution is -2.47. The number of primary amides is 1. The molecule has 0 heterocycles. The number of amides is 1. The lowest BCUT2D eigenvalue weighted by Gasteiger charge is -2.20. The van der Waals surface area contributed by atoms with Crippen LogP contribution in [0.1, 0.15) is 29.8 Å². The van der Waals surface area contributed by atoms with Crippen LogP contribution in [0.25, 0.3) is 0 Å². The molecule has 0 aliphatic rings. The summed E-state index contributed by atoms with van der Waals surface area (Å²) in [6.07, 6.45) is 0. The number of rotatable bonds is 6. The van der Waals surface area contributed by atoms with Gasteiger partial charge < -0.3 is 10.5 Å². The highest BCUT2D eigenvalue weighted by molar-refractivity contribution is 7.89. The van der Waals surface area contributed by atoms with E-state index in [4.69, 9.17) is 5.73 Å². The molecule has 1 atom stereocenters. The number of hydrogen-bond donors (Lipinski definition) is 2. The molecule has 0 aromatic heterocycles. The first kappa shape index (κ1) is 18.1. The molecule has 0 fully saturated rings. The topological polar surface area (TPSA) is 116 Å². The van der Waals surface area contributed by atoms with Crippen molar-refractivity contribution < 1.29 is 22.7 Å². The maximum Gasteiger partial charge on any atom is 0.338 e. The Kier molecular flexibility index (Phi) is 5.67. The summed E-state index contributed by atoms with van der Waals surface area (Å²) >= 11 is 0. The molecule has 7 nitrogen and oxygen atoms in total. The van der Waals surface area contributed by atoms with E-state index in [-0.39, 0.29) is 21.9 Å². The Hall–Kier alpha value is -1.93. The van der Waals surface area contributed by atoms with Gasteiger partial charge in [0.05, 0.1) is 17.6 Å². The smallest absolute Gasteiger partial charge is 0.338 e. The maximum absolute atomic E-state index is 12.5. The highest BCUT2D eigenvalue weighted by Crippen LogP contribution is 2.20. The van der Waals surface area contributed by atoms with E-state index in [1.807, 2.05) is 0 Å². The molecule has 8 heteroatoms. The van der Waals surface area contributed by atoms with Gasteiger partial charge in [0.15, 0.2) is 0 Å². The largest absolute Gasteiger partial charge is 0.465 e. The predicted octanol–water partition coefficient (Wildman–Crippen LogP) is 0.570. The zero-order valence-electron chi connectivity index (χ0n) is 12.9. The third kappa shape index (κ3) is 3.83. The van der Waals surface area contributed by atoms with E-state index in [0.717, 1.165) is 0 Å². The Balaban J connectivity index is 3.29. The van der Waals surface area contributed by atoms with Gasteiger partial charge in [0.1, 0.15) is 6.04 Å². The van der Waals surface area contributed by atoms with Crippen LogP contribution in [-0.4, -0.2) is 33.4 Å². The average Bonchev–Trinajstić information content (AvgIpc) is 2.43. The van der Waals surface area contributed by atoms with Crippen molar-refractivity contribution >= 4 is 21.9 Å². The van der Waals surface area contributed by atoms with Gasteiger partial charge in [-0.3, -0.25) is 4.79 Å². The molecule has 1 aromatic carbocycles. The second-order valence-electron chi connectivity index (χ2n) is 5.17. The zero-order valence-corrected chi connectivity index (χ0v) is 13.7. The maximum atomic E-state index is 12.5. The molecular formula is C14H20N2O5S. The summed E-state index contributed by atoms with van der Waals surface area (Å²) in [5, 5.41) is 0. The van der Waals surface area contributed by atoms with Gasteiger partial charge in [-0.2, -0.15) is 4.72 Å². The minimum atomic E-state index is -4.00. The van der Waals surface area contributed by atoms with Gasteiger partial charge in [-0.15, -0.1) is 0 Å². The summed E-state index contributed by atoms with van der Waals surface area (Å²) in [6, 6.07) is 3.21. The second-order valence-corrected chi connectivity index (χ2v) is 6.85. The van der Waals surface area contributed by atoms with Crippen LogP contribution >= 0.6 is 0 Å². The van der Waals surface area contributed by atoms with E-state index in [1.54, 1.807) is 13.8 Å². The summed E-state index contributed by atoms with van der Waals surface area (Å²) in [7, 11) is -2.79. The van der Waals surface area contributed by atoms with E-state index in [9.17, 15) is 18.0 Å². The molecule has 1 amide bonds. The first-order chi connectivity index (χ1) is 10.1. The Bertz CT molecular complexity index is 682. The number of hydrogen-bond acceptors (Lipinski definition) is 5. The molecule has 0 aliphatic heterocycles. The quantitative estimate of drug-likeness (QED) is 0.741. The standard InChI is InChI=1S/C14H20N2O5S/c1-8(2)12(13(15)17)16-22(19,20)11-7-5-6-10(9(11)3)14(18)21-4/h5-8,12,16H,1-4H3,(H2,15,17)/t12-/m0/s1. The van der Waals surface area contributed by atoms with Gasteiger partial charge in [0.25, 0.3) is 0 Å². The zero-order chi connectivity index (χ0) is 17.1. The molecule has 22 heavy (non-hydrogen) atoms. The summed E-state index contributed by atoms with van der Waals surface area (Å²) in [5.41, 5.74) is 5.61. The second kappa shape index (κ2) is 6.89. The Morgan fingerprint density at radius 3 is 2.32 bits per heavy atom. The number of ether oxygens (including phenoxy) is 1. The van der Waals surface area contributed by atoms with E-state index >= 15 is 0 Å². The van der Waals surface area contributed by atoms with Crippen molar-refractivity contribution in [1.29, 1.82) is 0 Å². The number of sulfonamides is 1. The van der Waals surface area contributed by atoms with Crippen LogP contribution in [0.15, 0.2) is 23.1 Å². The van der Waals surface area contributed by atoms with Crippen molar-refractivity contribution in [2.45, 2.75) is 31.7 Å². The molecule has 3 N–H and O–H groups in total. The highest BCUT2D eigenvalue weighted by atomic mass is 32.2. The van der Waals surface area contributed by atoms with Crippen molar-refractivity contribution in [2.24, 2.45) is 11.7 Å². The van der Waals surface area contributed by atoms with Gasteiger partial charge in [-0.25, -0.2) is 13.2 Å². The lowest BCUT2D eigenvalue weighted by atomic mass is 10.1. The molecule has 0 saturated heterocycles. The van der Waals surface area contributed by atoms with Crippen LogP contribution in [0, 0.1) is 12.8 Å². The van der Waals surface area contributed by atoms with Gasteiger partial charge in [-0.05, 0) is 30.5 Å². The molecule has 0 radical (unpaired) electrons. The van der Waals surface area contributed by atoms with Crippen molar-refractivity contribution in [3.05, 3.63) is 29.3 Å². The number of nitrogens with one attached hydrogen (secondary N) is 1. The molecule has 122 valence electrons. The van der Waals surface area contributed by atoms with E-state index in [1.165, 1.54) is 32.2 Å². The summed E-state index contributed by atoms with van der Waals surface area (Å²) < 4.78 is 31.8. The molecule has 1 rings (SSSR count). The van der Waals surface area contributed by atoms with E-state index in [2.05, 4.69) is 9.46 Å². The van der Waals surface area contributed by atoms with Crippen molar-refractivity contribution in [1.82, 2.24) is 4.72 Å². The monoisotopic (exact) mass is 328 g/mol. The number of esters is 1. The van der Waals surface area contributed by atoms with Gasteiger partial charge >= 0.3 is 5.97 Å². The molecule has 0 unspecified atom stereocenters. The summed E-state index contributed by atoms with van der Waals surface area (Å²) in [4.78, 5) is 22.9.